The normalized spacial score (nSPS) is 10.7. The van der Waals surface area contributed by atoms with Gasteiger partial charge in [0.25, 0.3) is 0 Å². The Labute approximate surface area is 138 Å². The van der Waals surface area contributed by atoms with E-state index in [-0.39, 0.29) is 30.3 Å². The van der Waals surface area contributed by atoms with Gasteiger partial charge in [-0.15, -0.1) is 0 Å². The molecular weight excluding hydrogens is 310 g/mol. The van der Waals surface area contributed by atoms with Gasteiger partial charge in [0.15, 0.2) is 5.76 Å². The quantitative estimate of drug-likeness (QED) is 0.703. The zero-order valence-electron chi connectivity index (χ0n) is 13.2. The number of esters is 2. The predicted octanol–water partition coefficient (Wildman–Crippen LogP) is 3.22. The highest BCUT2D eigenvalue weighted by Crippen LogP contribution is 2.19. The molecule has 0 saturated carbocycles. The first-order valence-corrected chi connectivity index (χ1v) is 7.54. The maximum atomic E-state index is 11.9. The predicted molar refractivity (Wildman–Crippen MR) is 86.5 cm³/mol. The Bertz CT molecular complexity index is 861. The molecule has 0 spiro atoms. The number of hydrogen-bond acceptors (Lipinski definition) is 5. The van der Waals surface area contributed by atoms with Crippen molar-refractivity contribution in [3.63, 3.8) is 0 Å². The largest absolute Gasteiger partial charge is 0.465 e. The summed E-state index contributed by atoms with van der Waals surface area (Å²) in [5, 5.41) is 1.10. The average molecular weight is 327 g/mol. The van der Waals surface area contributed by atoms with Crippen molar-refractivity contribution in [2.45, 2.75) is 19.4 Å². The third-order valence-electron chi connectivity index (χ3n) is 3.79. The molecule has 3 aromatic rings. The van der Waals surface area contributed by atoms with E-state index in [1.165, 1.54) is 19.4 Å². The van der Waals surface area contributed by atoms with Gasteiger partial charge in [0.2, 0.25) is 0 Å². The number of furan rings is 1. The number of H-pyrrole nitrogens is 1. The summed E-state index contributed by atoms with van der Waals surface area (Å²) in [4.78, 5) is 26.6. The molecule has 2 heterocycles. The van der Waals surface area contributed by atoms with Crippen LogP contribution in [-0.2, 0) is 27.3 Å². The number of nitrogens with one attached hydrogen (secondary N) is 1. The summed E-state index contributed by atoms with van der Waals surface area (Å²) in [7, 11) is 1.28. The van der Waals surface area contributed by atoms with E-state index in [0.29, 0.717) is 6.42 Å². The summed E-state index contributed by atoms with van der Waals surface area (Å²) >= 11 is 0. The minimum atomic E-state index is -0.520. The highest BCUT2D eigenvalue weighted by Gasteiger charge is 2.16. The molecule has 24 heavy (non-hydrogen) atoms. The second-order valence-corrected chi connectivity index (χ2v) is 5.27. The van der Waals surface area contributed by atoms with Crippen LogP contribution in [0.5, 0.6) is 0 Å². The Kier molecular flexibility index (Phi) is 4.65. The van der Waals surface area contributed by atoms with Crippen LogP contribution in [-0.4, -0.2) is 24.0 Å². The molecule has 0 aliphatic carbocycles. The lowest BCUT2D eigenvalue weighted by atomic mass is 10.1. The van der Waals surface area contributed by atoms with Crippen molar-refractivity contribution in [1.82, 2.24) is 4.98 Å². The molecule has 3 rings (SSSR count). The van der Waals surface area contributed by atoms with Crippen LogP contribution in [0.2, 0.25) is 0 Å². The SMILES string of the molecule is COC(=O)c1ccoc1COC(=O)CCc1c[nH]c2ccccc12. The van der Waals surface area contributed by atoms with E-state index in [1.54, 1.807) is 0 Å². The summed E-state index contributed by atoms with van der Waals surface area (Å²) in [6, 6.07) is 9.41. The molecule has 0 aliphatic rings. The minimum absolute atomic E-state index is 0.0931. The molecule has 124 valence electrons. The highest BCUT2D eigenvalue weighted by molar-refractivity contribution is 5.90. The van der Waals surface area contributed by atoms with Crippen LogP contribution >= 0.6 is 0 Å². The zero-order valence-corrected chi connectivity index (χ0v) is 13.2. The molecule has 0 radical (unpaired) electrons. The maximum Gasteiger partial charge on any atom is 0.341 e. The van der Waals surface area contributed by atoms with Crippen molar-refractivity contribution in [1.29, 1.82) is 0 Å². The van der Waals surface area contributed by atoms with Crippen molar-refractivity contribution in [2.75, 3.05) is 7.11 Å². The van der Waals surface area contributed by atoms with Gasteiger partial charge in [0, 0.05) is 23.5 Å². The number of aromatic amines is 1. The average Bonchev–Trinajstić information content (AvgIpc) is 3.24. The first-order chi connectivity index (χ1) is 11.7. The van der Waals surface area contributed by atoms with Gasteiger partial charge in [0.1, 0.15) is 12.2 Å². The summed E-state index contributed by atoms with van der Waals surface area (Å²) < 4.78 is 15.0. The van der Waals surface area contributed by atoms with Gasteiger partial charge in [0.05, 0.1) is 13.4 Å². The Morgan fingerprint density at radius 2 is 2.04 bits per heavy atom. The number of carbonyl (C=O) groups is 2. The fraction of sp³-hybridized carbons (Fsp3) is 0.222. The van der Waals surface area contributed by atoms with Gasteiger partial charge in [-0.05, 0) is 24.1 Å². The standard InChI is InChI=1S/C18H17NO5/c1-22-18(21)14-8-9-23-16(14)11-24-17(20)7-6-12-10-19-15-5-3-2-4-13(12)15/h2-5,8-10,19H,6-7,11H2,1H3. The molecule has 0 aliphatic heterocycles. The number of rotatable bonds is 6. The van der Waals surface area contributed by atoms with Crippen LogP contribution in [0.25, 0.3) is 10.9 Å². The molecule has 1 N–H and O–H groups in total. The molecular formula is C18H17NO5. The van der Waals surface area contributed by atoms with Gasteiger partial charge in [-0.25, -0.2) is 4.79 Å². The first kappa shape index (κ1) is 15.9. The lowest BCUT2D eigenvalue weighted by molar-refractivity contribution is -0.145. The third kappa shape index (κ3) is 3.32. The minimum Gasteiger partial charge on any atom is -0.465 e. The number of methoxy groups -OCH3 is 1. The Morgan fingerprint density at radius 3 is 2.88 bits per heavy atom. The van der Waals surface area contributed by atoms with Gasteiger partial charge in [-0.3, -0.25) is 4.79 Å². The molecule has 2 aromatic heterocycles. The monoisotopic (exact) mass is 327 g/mol. The summed E-state index contributed by atoms with van der Waals surface area (Å²) in [5.74, 6) is -0.594. The second kappa shape index (κ2) is 7.04. The molecule has 0 amide bonds. The fourth-order valence-electron chi connectivity index (χ4n) is 2.54. The number of para-hydroxylation sites is 1. The van der Waals surface area contributed by atoms with Crippen molar-refractivity contribution >= 4 is 22.8 Å². The molecule has 0 bridgehead atoms. The molecule has 1 aromatic carbocycles. The number of hydrogen-bond donors (Lipinski definition) is 1. The van der Waals surface area contributed by atoms with Gasteiger partial charge >= 0.3 is 11.9 Å². The Morgan fingerprint density at radius 1 is 1.21 bits per heavy atom. The van der Waals surface area contributed by atoms with Crippen molar-refractivity contribution in [2.24, 2.45) is 0 Å². The third-order valence-corrected chi connectivity index (χ3v) is 3.79. The first-order valence-electron chi connectivity index (χ1n) is 7.54. The van der Waals surface area contributed by atoms with Crippen molar-refractivity contribution in [3.8, 4) is 0 Å². The van der Waals surface area contributed by atoms with Crippen LogP contribution in [0.4, 0.5) is 0 Å². The van der Waals surface area contributed by atoms with E-state index >= 15 is 0 Å². The van der Waals surface area contributed by atoms with Crippen molar-refractivity contribution in [3.05, 3.63) is 59.7 Å². The van der Waals surface area contributed by atoms with Crippen LogP contribution < -0.4 is 0 Å². The van der Waals surface area contributed by atoms with E-state index in [0.717, 1.165) is 16.5 Å². The molecule has 6 nitrogen and oxygen atoms in total. The zero-order chi connectivity index (χ0) is 16.9. The number of benzene rings is 1. The van der Waals surface area contributed by atoms with E-state index in [1.807, 2.05) is 30.5 Å². The molecule has 0 fully saturated rings. The van der Waals surface area contributed by atoms with Crippen LogP contribution in [0.3, 0.4) is 0 Å². The van der Waals surface area contributed by atoms with Gasteiger partial charge in [-0.1, -0.05) is 18.2 Å². The molecule has 6 heteroatoms. The summed E-state index contributed by atoms with van der Waals surface area (Å²) in [6.45, 7) is -0.0931. The topological polar surface area (TPSA) is 81.5 Å². The number of aryl methyl sites for hydroxylation is 1. The highest BCUT2D eigenvalue weighted by atomic mass is 16.5. The van der Waals surface area contributed by atoms with Gasteiger partial charge < -0.3 is 18.9 Å². The lowest BCUT2D eigenvalue weighted by Gasteiger charge is -2.04. The van der Waals surface area contributed by atoms with Crippen LogP contribution in [0.15, 0.2) is 47.2 Å². The smallest absolute Gasteiger partial charge is 0.341 e. The van der Waals surface area contributed by atoms with Crippen LogP contribution in [0, 0.1) is 0 Å². The Balaban J connectivity index is 1.55. The number of carbonyl (C=O) groups excluding carboxylic acids is 2. The summed E-state index contributed by atoms with van der Waals surface area (Å²) in [6.07, 6.45) is 4.09. The molecule has 0 unspecified atom stereocenters. The van der Waals surface area contributed by atoms with E-state index < -0.39 is 5.97 Å². The fourth-order valence-corrected chi connectivity index (χ4v) is 2.54. The molecule has 0 atom stereocenters. The summed E-state index contributed by atoms with van der Waals surface area (Å²) in [5.41, 5.74) is 2.37. The lowest BCUT2D eigenvalue weighted by Crippen LogP contribution is -2.08. The molecule has 0 saturated heterocycles. The van der Waals surface area contributed by atoms with E-state index in [9.17, 15) is 9.59 Å². The van der Waals surface area contributed by atoms with Crippen LogP contribution in [0.1, 0.15) is 28.1 Å². The second-order valence-electron chi connectivity index (χ2n) is 5.27. The van der Waals surface area contributed by atoms with E-state index in [4.69, 9.17) is 9.15 Å². The maximum absolute atomic E-state index is 11.9. The van der Waals surface area contributed by atoms with E-state index in [2.05, 4.69) is 9.72 Å². The van der Waals surface area contributed by atoms with Crippen molar-refractivity contribution < 1.29 is 23.5 Å². The number of aromatic nitrogens is 1. The van der Waals surface area contributed by atoms with Gasteiger partial charge in [-0.2, -0.15) is 0 Å². The number of fused-ring (bicyclic) bond motifs is 1. The number of ether oxygens (including phenoxy) is 2. The Hall–Kier alpha value is -3.02.